The Labute approximate surface area is 146 Å². The van der Waals surface area contributed by atoms with E-state index >= 15 is 0 Å². The van der Waals surface area contributed by atoms with Crippen molar-refractivity contribution in [2.45, 2.75) is 39.4 Å². The fraction of sp³-hybridized carbons (Fsp3) is 0.400. The van der Waals surface area contributed by atoms with Crippen molar-refractivity contribution in [3.8, 4) is 0 Å². The Hall–Kier alpha value is -2.59. The number of carboxylic acids is 1. The minimum atomic E-state index is -1.10. The Balaban J connectivity index is 1.89. The number of fused-ring (bicyclic) bond motifs is 5. The predicted molar refractivity (Wildman–Crippen MR) is 93.1 cm³/mol. The topological polar surface area (TPSA) is 114 Å². The summed E-state index contributed by atoms with van der Waals surface area (Å²) in [5, 5.41) is 17.9. The van der Waals surface area contributed by atoms with E-state index in [1.807, 2.05) is 0 Å². The second kappa shape index (κ2) is 5.46. The highest BCUT2D eigenvalue weighted by molar-refractivity contribution is 7.19. The number of ether oxygens (including phenoxy) is 1. The van der Waals surface area contributed by atoms with Crippen LogP contribution in [0.3, 0.4) is 0 Å². The average molecular weight is 360 g/mol. The molecule has 0 aromatic carbocycles. The van der Waals surface area contributed by atoms with Gasteiger partial charge in [0.2, 0.25) is 5.95 Å². The Bertz CT molecular complexity index is 1030. The third-order valence-corrected chi connectivity index (χ3v) is 5.18. The van der Waals surface area contributed by atoms with Crippen LogP contribution in [0.15, 0.2) is 11.4 Å². The summed E-state index contributed by atoms with van der Waals surface area (Å²) >= 11 is 1.55. The third kappa shape index (κ3) is 2.63. The monoisotopic (exact) mass is 360 g/mol. The molecule has 0 unspecified atom stereocenters. The van der Waals surface area contributed by atoms with Gasteiger partial charge in [0.1, 0.15) is 16.9 Å². The van der Waals surface area contributed by atoms with Gasteiger partial charge in [-0.1, -0.05) is 0 Å². The van der Waals surface area contributed by atoms with E-state index in [4.69, 9.17) is 9.84 Å². The lowest BCUT2D eigenvalue weighted by Crippen LogP contribution is -2.31. The minimum absolute atomic E-state index is 0.0733. The molecule has 4 heterocycles. The van der Waals surface area contributed by atoms with Gasteiger partial charge in [0.15, 0.2) is 5.65 Å². The van der Waals surface area contributed by atoms with Crippen LogP contribution >= 0.6 is 11.3 Å². The van der Waals surface area contributed by atoms with E-state index in [0.717, 1.165) is 21.5 Å². The van der Waals surface area contributed by atoms with Crippen LogP contribution in [0, 0.1) is 0 Å². The molecule has 0 bridgehead atoms. The summed E-state index contributed by atoms with van der Waals surface area (Å²) in [6, 6.07) is 0. The smallest absolute Gasteiger partial charge is 0.351 e. The van der Waals surface area contributed by atoms with Gasteiger partial charge in [-0.25, -0.2) is 20.2 Å². The second-order valence-electron chi connectivity index (χ2n) is 6.45. The molecule has 0 saturated carbocycles. The summed E-state index contributed by atoms with van der Waals surface area (Å²) in [6.45, 7) is 6.07. The minimum Gasteiger partial charge on any atom is -0.477 e. The van der Waals surface area contributed by atoms with Gasteiger partial charge in [-0.3, -0.25) is 0 Å². The fourth-order valence-electron chi connectivity index (χ4n) is 2.81. The summed E-state index contributed by atoms with van der Waals surface area (Å²) in [4.78, 5) is 21.8. The van der Waals surface area contributed by atoms with Crippen molar-refractivity contribution < 1.29 is 14.6 Å². The van der Waals surface area contributed by atoms with Crippen LogP contribution in [0.5, 0.6) is 0 Å². The number of rotatable bonds is 3. The molecular weight excluding hydrogens is 344 g/mol. The van der Waals surface area contributed by atoms with Crippen LogP contribution < -0.4 is 5.43 Å². The standard InChI is InChI=1S/C15H16N6O3S/c1-7(13(22)23)19-20-14-18-12-10(11-16-6-17-21(11)14)8-4-15(2,3)24-5-9(8)25-12/h6H,4-5H2,1-3H3,(H,18,20)(H,22,23)/b19-7-. The molecule has 1 aliphatic rings. The van der Waals surface area contributed by atoms with Gasteiger partial charge in [0.25, 0.3) is 0 Å². The van der Waals surface area contributed by atoms with Gasteiger partial charge in [-0.15, -0.1) is 11.3 Å². The molecule has 130 valence electrons. The number of anilines is 1. The highest BCUT2D eigenvalue weighted by Gasteiger charge is 2.31. The lowest BCUT2D eigenvalue weighted by molar-refractivity contribution is -0.129. The first-order valence-electron chi connectivity index (χ1n) is 7.67. The first-order chi connectivity index (χ1) is 11.9. The summed E-state index contributed by atoms with van der Waals surface area (Å²) in [7, 11) is 0. The van der Waals surface area contributed by atoms with Crippen molar-refractivity contribution >= 4 is 44.8 Å². The van der Waals surface area contributed by atoms with E-state index in [9.17, 15) is 4.79 Å². The molecule has 0 spiro atoms. The van der Waals surface area contributed by atoms with Crippen molar-refractivity contribution in [1.82, 2.24) is 19.6 Å². The van der Waals surface area contributed by atoms with Crippen molar-refractivity contribution in [1.29, 1.82) is 0 Å². The molecule has 0 radical (unpaired) electrons. The zero-order chi connectivity index (χ0) is 17.8. The molecule has 0 aliphatic carbocycles. The summed E-state index contributed by atoms with van der Waals surface area (Å²) in [5.74, 6) is -0.784. The summed E-state index contributed by atoms with van der Waals surface area (Å²) in [6.07, 6.45) is 2.22. The maximum absolute atomic E-state index is 10.9. The van der Waals surface area contributed by atoms with Crippen molar-refractivity contribution in [2.75, 3.05) is 5.43 Å². The molecule has 0 amide bonds. The number of carbonyl (C=O) groups is 1. The zero-order valence-corrected chi connectivity index (χ0v) is 14.7. The highest BCUT2D eigenvalue weighted by Crippen LogP contribution is 2.40. The Morgan fingerprint density at radius 3 is 3.08 bits per heavy atom. The van der Waals surface area contributed by atoms with Gasteiger partial charge in [-0.05, 0) is 26.3 Å². The van der Waals surface area contributed by atoms with Crippen molar-refractivity contribution in [3.05, 3.63) is 16.8 Å². The van der Waals surface area contributed by atoms with Crippen LogP contribution in [-0.2, 0) is 22.6 Å². The van der Waals surface area contributed by atoms with Crippen molar-refractivity contribution in [3.63, 3.8) is 0 Å². The number of aromatic nitrogens is 4. The molecule has 0 atom stereocenters. The molecule has 3 aromatic rings. The molecule has 9 nitrogen and oxygen atoms in total. The molecule has 1 aliphatic heterocycles. The largest absolute Gasteiger partial charge is 0.477 e. The van der Waals surface area contributed by atoms with Gasteiger partial charge < -0.3 is 9.84 Å². The number of hydrazone groups is 1. The normalized spacial score (nSPS) is 17.0. The van der Waals surface area contributed by atoms with Crippen LogP contribution in [0.2, 0.25) is 0 Å². The molecule has 0 fully saturated rings. The number of nitrogens with zero attached hydrogens (tertiary/aromatic N) is 5. The van der Waals surface area contributed by atoms with E-state index in [-0.39, 0.29) is 11.3 Å². The fourth-order valence-corrected chi connectivity index (χ4v) is 3.91. The third-order valence-electron chi connectivity index (χ3n) is 4.08. The molecule has 3 aromatic heterocycles. The highest BCUT2D eigenvalue weighted by atomic mass is 32.1. The number of aliphatic carboxylic acids is 1. The van der Waals surface area contributed by atoms with Gasteiger partial charge in [0, 0.05) is 11.3 Å². The number of hydrogen-bond acceptors (Lipinski definition) is 8. The molecule has 25 heavy (non-hydrogen) atoms. The SMILES string of the molecule is C/C(=N/Nc1nc2sc3c(c2c2ncnn12)CC(C)(C)OC3)C(=O)O. The lowest BCUT2D eigenvalue weighted by Gasteiger charge is -2.30. The maximum atomic E-state index is 10.9. The number of nitrogens with one attached hydrogen (secondary N) is 1. The second-order valence-corrected chi connectivity index (χ2v) is 7.54. The molecule has 2 N–H and O–H groups in total. The van der Waals surface area contributed by atoms with E-state index in [2.05, 4.69) is 39.4 Å². The first-order valence-corrected chi connectivity index (χ1v) is 8.49. The van der Waals surface area contributed by atoms with Crippen LogP contribution in [0.25, 0.3) is 15.9 Å². The first kappa shape index (κ1) is 15.9. The zero-order valence-electron chi connectivity index (χ0n) is 13.9. The molecule has 0 saturated heterocycles. The Kier molecular flexibility index (Phi) is 3.48. The number of hydrogen-bond donors (Lipinski definition) is 2. The molecular formula is C15H16N6O3S. The van der Waals surface area contributed by atoms with E-state index in [1.165, 1.54) is 23.3 Å². The summed E-state index contributed by atoms with van der Waals surface area (Å²) in [5.41, 5.74) is 4.23. The van der Waals surface area contributed by atoms with Crippen LogP contribution in [-0.4, -0.2) is 42.0 Å². The van der Waals surface area contributed by atoms with Gasteiger partial charge in [-0.2, -0.15) is 14.7 Å². The summed E-state index contributed by atoms with van der Waals surface area (Å²) < 4.78 is 7.43. The lowest BCUT2D eigenvalue weighted by atomic mass is 9.94. The number of thiophene rings is 1. The van der Waals surface area contributed by atoms with Crippen molar-refractivity contribution in [2.24, 2.45) is 5.10 Å². The quantitative estimate of drug-likeness (QED) is 0.543. The van der Waals surface area contributed by atoms with Crippen LogP contribution in [0.4, 0.5) is 5.95 Å². The van der Waals surface area contributed by atoms with Gasteiger partial charge in [0.05, 0.1) is 17.6 Å². The Morgan fingerprint density at radius 2 is 2.32 bits per heavy atom. The predicted octanol–water partition coefficient (Wildman–Crippen LogP) is 2.06. The van der Waals surface area contributed by atoms with Crippen LogP contribution in [0.1, 0.15) is 31.2 Å². The van der Waals surface area contributed by atoms with E-state index < -0.39 is 5.97 Å². The van der Waals surface area contributed by atoms with E-state index in [1.54, 1.807) is 11.3 Å². The Morgan fingerprint density at radius 1 is 1.52 bits per heavy atom. The molecule has 4 rings (SSSR count). The molecule has 10 heteroatoms. The maximum Gasteiger partial charge on any atom is 0.351 e. The average Bonchev–Trinajstić information content (AvgIpc) is 3.14. The van der Waals surface area contributed by atoms with E-state index in [0.29, 0.717) is 18.2 Å². The van der Waals surface area contributed by atoms with Gasteiger partial charge >= 0.3 is 5.97 Å². The number of carboxylic acid groups (broad SMARTS) is 1.